The molecule has 2 aromatic carbocycles. The van der Waals surface area contributed by atoms with Crippen LogP contribution in [0.25, 0.3) is 5.70 Å². The lowest BCUT2D eigenvalue weighted by Crippen LogP contribution is -2.33. The van der Waals surface area contributed by atoms with E-state index in [1.807, 2.05) is 26.2 Å². The van der Waals surface area contributed by atoms with Crippen molar-refractivity contribution >= 4 is 39.4 Å². The maximum atomic E-state index is 13.6. The highest BCUT2D eigenvalue weighted by atomic mass is 79.9. The molecule has 0 atom stereocenters. The van der Waals surface area contributed by atoms with Crippen molar-refractivity contribution in [2.45, 2.75) is 19.3 Å². The Hall–Kier alpha value is -2.62. The molecule has 1 N–H and O–H groups in total. The van der Waals surface area contributed by atoms with Gasteiger partial charge in [-0.25, -0.2) is 8.78 Å². The van der Waals surface area contributed by atoms with Crippen LogP contribution in [0.15, 0.2) is 46.0 Å². The van der Waals surface area contributed by atoms with Crippen LogP contribution in [-0.2, 0) is 0 Å². The lowest BCUT2D eigenvalue weighted by atomic mass is 10.1. The minimum Gasteiger partial charge on any atom is -0.491 e. The molecule has 1 saturated heterocycles. The van der Waals surface area contributed by atoms with Crippen LogP contribution >= 0.6 is 15.9 Å². The minimum atomic E-state index is -1.07. The van der Waals surface area contributed by atoms with E-state index in [-0.39, 0.29) is 10.2 Å². The molecule has 0 bridgehead atoms. The Morgan fingerprint density at radius 1 is 1.12 bits per heavy atom. The van der Waals surface area contributed by atoms with Crippen LogP contribution in [0.1, 0.15) is 35.2 Å². The molecule has 1 amide bonds. The van der Waals surface area contributed by atoms with Crippen molar-refractivity contribution in [3.63, 3.8) is 0 Å². The van der Waals surface area contributed by atoms with Gasteiger partial charge in [-0.2, -0.15) is 4.59 Å². The van der Waals surface area contributed by atoms with E-state index in [1.54, 1.807) is 12.3 Å². The standard InChI is InChI=1S/C25H27BrF2N4O2/c1-32(2)24(20(26)16-29-32)19-15-18(30-25(33)17-6-8-21(27)22(28)14-17)7-9-23(19)34-13-12-31-10-4-3-5-11-31/h6-9,14-16H,3-5,10-13H2,1-2H3/p+1. The Kier molecular flexibility index (Phi) is 7.45. The molecular weight excluding hydrogens is 506 g/mol. The number of nitrogens with zero attached hydrogens (tertiary/aromatic N) is 3. The Labute approximate surface area is 206 Å². The number of amides is 1. The lowest BCUT2D eigenvalue weighted by molar-refractivity contribution is -0.822. The number of anilines is 1. The first-order valence-corrected chi connectivity index (χ1v) is 12.1. The molecule has 2 aromatic rings. The third kappa shape index (κ3) is 5.54. The van der Waals surface area contributed by atoms with Crippen LogP contribution in [0.4, 0.5) is 14.5 Å². The van der Waals surface area contributed by atoms with Gasteiger partial charge in [-0.15, -0.1) is 0 Å². The lowest BCUT2D eigenvalue weighted by Gasteiger charge is -2.27. The molecule has 0 saturated carbocycles. The maximum Gasteiger partial charge on any atom is 0.255 e. The first kappa shape index (κ1) is 24.5. The van der Waals surface area contributed by atoms with Gasteiger partial charge in [0.25, 0.3) is 5.91 Å². The summed E-state index contributed by atoms with van der Waals surface area (Å²) in [4.78, 5) is 15.1. The predicted octanol–water partition coefficient (Wildman–Crippen LogP) is 5.22. The molecule has 180 valence electrons. The first-order valence-electron chi connectivity index (χ1n) is 11.3. The number of piperidine rings is 1. The van der Waals surface area contributed by atoms with E-state index in [2.05, 4.69) is 31.2 Å². The molecule has 34 heavy (non-hydrogen) atoms. The fourth-order valence-corrected chi connectivity index (χ4v) is 4.96. The van der Waals surface area contributed by atoms with Gasteiger partial charge in [0.15, 0.2) is 17.3 Å². The quantitative estimate of drug-likeness (QED) is 0.496. The van der Waals surface area contributed by atoms with Crippen molar-refractivity contribution in [2.24, 2.45) is 5.10 Å². The van der Waals surface area contributed by atoms with Crippen LogP contribution in [0, 0.1) is 11.6 Å². The van der Waals surface area contributed by atoms with Crippen molar-refractivity contribution in [1.29, 1.82) is 0 Å². The molecular formula is C25H28BrF2N4O2+. The zero-order valence-corrected chi connectivity index (χ0v) is 20.9. The fourth-order valence-electron chi connectivity index (χ4n) is 4.23. The molecule has 0 unspecified atom stereocenters. The second-order valence-corrected chi connectivity index (χ2v) is 9.73. The monoisotopic (exact) mass is 533 g/mol. The van der Waals surface area contributed by atoms with Crippen molar-refractivity contribution in [3.8, 4) is 5.75 Å². The molecule has 9 heteroatoms. The summed E-state index contributed by atoms with van der Waals surface area (Å²) in [6.07, 6.45) is 5.48. The summed E-state index contributed by atoms with van der Waals surface area (Å²) in [5.41, 5.74) is 2.21. The van der Waals surface area contributed by atoms with Crippen molar-refractivity contribution in [3.05, 3.63) is 63.6 Å². The smallest absolute Gasteiger partial charge is 0.255 e. The van der Waals surface area contributed by atoms with Gasteiger partial charge in [-0.05, 0) is 78.3 Å². The van der Waals surface area contributed by atoms with Crippen LogP contribution in [-0.4, -0.2) is 62.0 Å². The van der Waals surface area contributed by atoms with Gasteiger partial charge < -0.3 is 10.1 Å². The summed E-state index contributed by atoms with van der Waals surface area (Å²) in [5.74, 6) is -1.91. The van der Waals surface area contributed by atoms with Gasteiger partial charge >= 0.3 is 0 Å². The number of rotatable bonds is 7. The Bertz CT molecular complexity index is 1140. The Morgan fingerprint density at radius 3 is 2.56 bits per heavy atom. The van der Waals surface area contributed by atoms with Crippen molar-refractivity contribution < 1.29 is 22.9 Å². The van der Waals surface area contributed by atoms with E-state index in [4.69, 9.17) is 4.74 Å². The molecule has 2 aliphatic rings. The number of carbonyl (C=O) groups is 1. The third-order valence-corrected chi connectivity index (χ3v) is 6.60. The van der Waals surface area contributed by atoms with Crippen LogP contribution in [0.5, 0.6) is 5.75 Å². The average Bonchev–Trinajstić information content (AvgIpc) is 3.09. The molecule has 2 heterocycles. The number of hydrogen-bond donors (Lipinski definition) is 1. The SMILES string of the molecule is C[N+]1(C)N=CC(Br)=C1c1cc(NC(=O)c2ccc(F)c(F)c2)ccc1OCCN1CCCCC1. The normalized spacial score (nSPS) is 17.8. The summed E-state index contributed by atoms with van der Waals surface area (Å²) >= 11 is 3.60. The van der Waals surface area contributed by atoms with Crippen LogP contribution < -0.4 is 10.1 Å². The van der Waals surface area contributed by atoms with E-state index < -0.39 is 17.5 Å². The van der Waals surface area contributed by atoms with Gasteiger partial charge in [0, 0.05) is 17.8 Å². The highest BCUT2D eigenvalue weighted by molar-refractivity contribution is 9.12. The van der Waals surface area contributed by atoms with E-state index in [0.717, 1.165) is 47.5 Å². The van der Waals surface area contributed by atoms with E-state index in [0.29, 0.717) is 18.0 Å². The second-order valence-electron chi connectivity index (χ2n) is 8.88. The Morgan fingerprint density at radius 2 is 1.88 bits per heavy atom. The van der Waals surface area contributed by atoms with Gasteiger partial charge in [-0.1, -0.05) is 11.5 Å². The molecule has 0 radical (unpaired) electrons. The maximum absolute atomic E-state index is 13.6. The molecule has 0 aromatic heterocycles. The molecule has 2 aliphatic heterocycles. The second kappa shape index (κ2) is 10.3. The number of quaternary nitrogens is 1. The van der Waals surface area contributed by atoms with Gasteiger partial charge in [0.1, 0.15) is 23.1 Å². The molecule has 1 fully saturated rings. The van der Waals surface area contributed by atoms with Gasteiger partial charge in [-0.3, -0.25) is 9.69 Å². The van der Waals surface area contributed by atoms with Crippen LogP contribution in [0.2, 0.25) is 0 Å². The molecule has 4 rings (SSSR count). The summed E-state index contributed by atoms with van der Waals surface area (Å²) < 4.78 is 34.1. The van der Waals surface area contributed by atoms with Crippen LogP contribution in [0.3, 0.4) is 0 Å². The first-order chi connectivity index (χ1) is 16.2. The summed E-state index contributed by atoms with van der Waals surface area (Å²) in [6.45, 7) is 3.59. The number of ether oxygens (including phenoxy) is 1. The summed E-state index contributed by atoms with van der Waals surface area (Å²) in [5, 5.41) is 7.29. The van der Waals surface area contributed by atoms with E-state index >= 15 is 0 Å². The fraction of sp³-hybridized carbons (Fsp3) is 0.360. The summed E-state index contributed by atoms with van der Waals surface area (Å²) in [7, 11) is 3.90. The zero-order valence-electron chi connectivity index (χ0n) is 19.3. The topological polar surface area (TPSA) is 53.9 Å². The number of benzene rings is 2. The van der Waals surface area contributed by atoms with E-state index in [9.17, 15) is 13.6 Å². The van der Waals surface area contributed by atoms with Gasteiger partial charge in [0.2, 0.25) is 0 Å². The number of hydrogen-bond acceptors (Lipinski definition) is 4. The minimum absolute atomic E-state index is 0.0306. The molecule has 0 spiro atoms. The number of halogens is 3. The number of nitrogens with one attached hydrogen (secondary N) is 1. The molecule has 0 aliphatic carbocycles. The highest BCUT2D eigenvalue weighted by Crippen LogP contribution is 2.40. The predicted molar refractivity (Wildman–Crippen MR) is 133 cm³/mol. The number of likely N-dealkylation sites (tertiary alicyclic amines) is 1. The van der Waals surface area contributed by atoms with Gasteiger partial charge in [0.05, 0.1) is 19.7 Å². The number of allylic oxidation sites excluding steroid dienone is 1. The van der Waals surface area contributed by atoms with Crippen molar-refractivity contribution in [1.82, 2.24) is 4.90 Å². The largest absolute Gasteiger partial charge is 0.491 e. The Balaban J connectivity index is 1.57. The average molecular weight is 534 g/mol. The summed E-state index contributed by atoms with van der Waals surface area (Å²) in [6, 6.07) is 8.44. The highest BCUT2D eigenvalue weighted by Gasteiger charge is 2.34. The molecule has 6 nitrogen and oxygen atoms in total. The number of carbonyl (C=O) groups excluding carboxylic acids is 1. The zero-order chi connectivity index (χ0) is 24.3. The third-order valence-electron chi connectivity index (χ3n) is 6.02. The van der Waals surface area contributed by atoms with Crippen molar-refractivity contribution in [2.75, 3.05) is 45.7 Å². The van der Waals surface area contributed by atoms with E-state index in [1.165, 1.54) is 25.3 Å².